The van der Waals surface area contributed by atoms with Gasteiger partial charge >= 0.3 is 5.97 Å². The maximum atomic E-state index is 12.5. The third-order valence-electron chi connectivity index (χ3n) is 3.53. The van der Waals surface area contributed by atoms with Gasteiger partial charge in [0.05, 0.1) is 10.5 Å². The highest BCUT2D eigenvalue weighted by Crippen LogP contribution is 2.31. The fraction of sp³-hybridized carbons (Fsp3) is 0.462. The summed E-state index contributed by atoms with van der Waals surface area (Å²) in [5.74, 6) is -1.15. The Kier molecular flexibility index (Phi) is 5.34. The molecule has 0 bridgehead atoms. The van der Waals surface area contributed by atoms with Gasteiger partial charge in [0.25, 0.3) is 0 Å². The minimum Gasteiger partial charge on any atom is -0.478 e. The van der Waals surface area contributed by atoms with Gasteiger partial charge in [-0.25, -0.2) is 17.9 Å². The van der Waals surface area contributed by atoms with Crippen molar-refractivity contribution in [3.8, 4) is 0 Å². The minimum absolute atomic E-state index is 0.0332. The second-order valence-electron chi connectivity index (χ2n) is 4.88. The zero-order chi connectivity index (χ0) is 15.6. The van der Waals surface area contributed by atoms with E-state index >= 15 is 0 Å². The molecule has 0 radical (unpaired) electrons. The molecule has 0 amide bonds. The number of thioether (sulfide) groups is 1. The molecular weight excluding hydrogens is 378 g/mol. The molecule has 0 saturated heterocycles. The number of hydrogen-bond acceptors (Lipinski definition) is 4. The molecule has 2 unspecified atom stereocenters. The number of sulfonamides is 1. The van der Waals surface area contributed by atoms with E-state index in [0.717, 1.165) is 19.3 Å². The van der Waals surface area contributed by atoms with Crippen LogP contribution in [0.3, 0.4) is 0 Å². The van der Waals surface area contributed by atoms with Crippen LogP contribution in [-0.2, 0) is 10.0 Å². The molecule has 1 aromatic carbocycles. The van der Waals surface area contributed by atoms with Crippen LogP contribution in [0.1, 0.15) is 29.6 Å². The largest absolute Gasteiger partial charge is 0.478 e. The van der Waals surface area contributed by atoms with Gasteiger partial charge in [-0.1, -0.05) is 6.42 Å². The highest BCUT2D eigenvalue weighted by molar-refractivity contribution is 9.10. The number of rotatable bonds is 5. The van der Waals surface area contributed by atoms with E-state index in [9.17, 15) is 13.2 Å². The zero-order valence-corrected chi connectivity index (χ0v) is 14.6. The van der Waals surface area contributed by atoms with Crippen LogP contribution in [0.25, 0.3) is 0 Å². The Balaban J connectivity index is 2.31. The molecule has 2 N–H and O–H groups in total. The lowest BCUT2D eigenvalue weighted by atomic mass is 10.2. The first kappa shape index (κ1) is 16.8. The van der Waals surface area contributed by atoms with Gasteiger partial charge in [0, 0.05) is 15.8 Å². The third-order valence-corrected chi connectivity index (χ3v) is 7.18. The molecule has 1 aliphatic rings. The van der Waals surface area contributed by atoms with Crippen LogP contribution in [0.15, 0.2) is 27.6 Å². The molecule has 2 rings (SSSR count). The summed E-state index contributed by atoms with van der Waals surface area (Å²) in [4.78, 5) is 11.0. The summed E-state index contributed by atoms with van der Waals surface area (Å²) in [6.45, 7) is 0. The number of halogens is 1. The molecule has 116 valence electrons. The molecular formula is C13H16BrNO4S2. The summed E-state index contributed by atoms with van der Waals surface area (Å²) in [5.41, 5.74) is -0.0496. The number of benzene rings is 1. The van der Waals surface area contributed by atoms with Gasteiger partial charge in [-0.15, -0.1) is 0 Å². The SMILES string of the molecule is CSC1CCCC1NS(=O)(=O)c1cc(C(=O)O)ccc1Br. The van der Waals surface area contributed by atoms with E-state index < -0.39 is 16.0 Å². The van der Waals surface area contributed by atoms with Crippen LogP contribution in [-0.4, -0.2) is 37.0 Å². The monoisotopic (exact) mass is 393 g/mol. The van der Waals surface area contributed by atoms with Crippen LogP contribution in [0.2, 0.25) is 0 Å². The number of hydrogen-bond donors (Lipinski definition) is 2. The van der Waals surface area contributed by atoms with Crippen molar-refractivity contribution in [1.29, 1.82) is 0 Å². The van der Waals surface area contributed by atoms with Crippen molar-refractivity contribution in [1.82, 2.24) is 4.72 Å². The van der Waals surface area contributed by atoms with Crippen molar-refractivity contribution >= 4 is 43.7 Å². The first-order chi connectivity index (χ1) is 9.85. The maximum absolute atomic E-state index is 12.5. The van der Waals surface area contributed by atoms with E-state index in [1.165, 1.54) is 18.2 Å². The lowest BCUT2D eigenvalue weighted by Crippen LogP contribution is -2.38. The van der Waals surface area contributed by atoms with Gasteiger partial charge in [0.2, 0.25) is 10.0 Å². The number of aromatic carboxylic acids is 1. The average Bonchev–Trinajstić information content (AvgIpc) is 2.85. The third kappa shape index (κ3) is 3.80. The standard InChI is InChI=1S/C13H16BrNO4S2/c1-20-11-4-2-3-10(11)15-21(18,19)12-7-8(13(16)17)5-6-9(12)14/h5-7,10-11,15H,2-4H2,1H3,(H,16,17). The molecule has 8 heteroatoms. The summed E-state index contributed by atoms with van der Waals surface area (Å²) in [7, 11) is -3.75. The highest BCUT2D eigenvalue weighted by Gasteiger charge is 2.31. The van der Waals surface area contributed by atoms with Crippen LogP contribution >= 0.6 is 27.7 Å². The summed E-state index contributed by atoms with van der Waals surface area (Å²) >= 11 is 4.84. The Hall–Kier alpha value is -0.570. The summed E-state index contributed by atoms with van der Waals surface area (Å²) in [5, 5.41) is 9.26. The molecule has 5 nitrogen and oxygen atoms in total. The summed E-state index contributed by atoms with van der Waals surface area (Å²) < 4.78 is 28.1. The first-order valence-electron chi connectivity index (χ1n) is 6.43. The fourth-order valence-electron chi connectivity index (χ4n) is 2.45. The fourth-order valence-corrected chi connectivity index (χ4v) is 5.77. The van der Waals surface area contributed by atoms with Crippen molar-refractivity contribution in [3.63, 3.8) is 0 Å². The summed E-state index contributed by atoms with van der Waals surface area (Å²) in [6, 6.07) is 3.88. The van der Waals surface area contributed by atoms with Crippen LogP contribution in [0.4, 0.5) is 0 Å². The van der Waals surface area contributed by atoms with Crippen LogP contribution in [0.5, 0.6) is 0 Å². The maximum Gasteiger partial charge on any atom is 0.335 e. The van der Waals surface area contributed by atoms with Gasteiger partial charge in [-0.2, -0.15) is 11.8 Å². The molecule has 0 spiro atoms. The average molecular weight is 394 g/mol. The smallest absolute Gasteiger partial charge is 0.335 e. The quantitative estimate of drug-likeness (QED) is 0.803. The molecule has 0 heterocycles. The van der Waals surface area contributed by atoms with Gasteiger partial charge in [-0.05, 0) is 53.2 Å². The van der Waals surface area contributed by atoms with Crippen LogP contribution in [0, 0.1) is 0 Å². The second kappa shape index (κ2) is 6.68. The minimum atomic E-state index is -3.75. The van der Waals surface area contributed by atoms with E-state index in [-0.39, 0.29) is 21.8 Å². The van der Waals surface area contributed by atoms with Crippen molar-refractivity contribution in [2.24, 2.45) is 0 Å². The van der Waals surface area contributed by atoms with Gasteiger partial charge in [0.15, 0.2) is 0 Å². The number of carbonyl (C=O) groups is 1. The van der Waals surface area contributed by atoms with E-state index in [4.69, 9.17) is 5.11 Å². The molecule has 21 heavy (non-hydrogen) atoms. The van der Waals surface area contributed by atoms with Crippen LogP contribution < -0.4 is 4.72 Å². The normalized spacial score (nSPS) is 22.4. The Labute approximate surface area is 136 Å². The predicted octanol–water partition coefficient (Wildman–Crippen LogP) is 2.71. The lowest BCUT2D eigenvalue weighted by Gasteiger charge is -2.19. The molecule has 2 atom stereocenters. The number of carboxylic acid groups (broad SMARTS) is 1. The Morgan fingerprint density at radius 1 is 1.43 bits per heavy atom. The molecule has 1 aliphatic carbocycles. The lowest BCUT2D eigenvalue weighted by molar-refractivity contribution is 0.0696. The van der Waals surface area contributed by atoms with Gasteiger partial charge in [0.1, 0.15) is 0 Å². The van der Waals surface area contributed by atoms with E-state index in [0.29, 0.717) is 4.47 Å². The van der Waals surface area contributed by atoms with Crippen molar-refractivity contribution in [3.05, 3.63) is 28.2 Å². The van der Waals surface area contributed by atoms with Crippen molar-refractivity contribution < 1.29 is 18.3 Å². The predicted molar refractivity (Wildman–Crippen MR) is 86.4 cm³/mol. The Morgan fingerprint density at radius 3 is 2.76 bits per heavy atom. The van der Waals surface area contributed by atoms with E-state index in [1.807, 2.05) is 6.26 Å². The van der Waals surface area contributed by atoms with Crippen molar-refractivity contribution in [2.45, 2.75) is 35.4 Å². The van der Waals surface area contributed by atoms with Crippen molar-refractivity contribution in [2.75, 3.05) is 6.26 Å². The molecule has 1 aromatic rings. The highest BCUT2D eigenvalue weighted by atomic mass is 79.9. The Morgan fingerprint density at radius 2 is 2.14 bits per heavy atom. The van der Waals surface area contributed by atoms with Gasteiger partial charge in [-0.3, -0.25) is 0 Å². The topological polar surface area (TPSA) is 83.5 Å². The number of nitrogens with one attached hydrogen (secondary N) is 1. The molecule has 0 aliphatic heterocycles. The Bertz CT molecular complexity index is 648. The van der Waals surface area contributed by atoms with Gasteiger partial charge < -0.3 is 5.11 Å². The molecule has 1 fully saturated rings. The second-order valence-corrected chi connectivity index (χ2v) is 8.50. The summed E-state index contributed by atoms with van der Waals surface area (Å²) in [6.07, 6.45) is 4.76. The number of carboxylic acids is 1. The molecule has 0 aromatic heterocycles. The zero-order valence-electron chi connectivity index (χ0n) is 11.4. The molecule has 1 saturated carbocycles. The van der Waals surface area contributed by atoms with E-state index in [2.05, 4.69) is 20.7 Å². The first-order valence-corrected chi connectivity index (χ1v) is 9.99. The van der Waals surface area contributed by atoms with E-state index in [1.54, 1.807) is 11.8 Å².